The zero-order chi connectivity index (χ0) is 19.7. The van der Waals surface area contributed by atoms with Crippen molar-refractivity contribution in [2.45, 2.75) is 6.92 Å². The Hall–Kier alpha value is -3.44. The molecule has 0 atom stereocenters. The fourth-order valence-electron chi connectivity index (χ4n) is 3.02. The molecule has 0 aliphatic heterocycles. The van der Waals surface area contributed by atoms with Crippen molar-refractivity contribution in [2.75, 3.05) is 5.32 Å². The normalized spacial score (nSPS) is 10.8. The van der Waals surface area contributed by atoms with Crippen LogP contribution in [0, 0.1) is 6.92 Å². The molecule has 138 valence electrons. The monoisotopic (exact) mass is 389 g/mol. The van der Waals surface area contributed by atoms with Crippen molar-refractivity contribution in [3.63, 3.8) is 0 Å². The van der Waals surface area contributed by atoms with E-state index in [9.17, 15) is 9.59 Å². The second kappa shape index (κ2) is 7.29. The molecule has 3 aromatic carbocycles. The van der Waals surface area contributed by atoms with E-state index in [-0.39, 0.29) is 17.2 Å². The summed E-state index contributed by atoms with van der Waals surface area (Å²) in [6.45, 7) is 1.92. The van der Waals surface area contributed by atoms with Crippen molar-refractivity contribution in [3.8, 4) is 11.3 Å². The number of anilines is 1. The van der Waals surface area contributed by atoms with E-state index in [1.165, 1.54) is 0 Å². The first kappa shape index (κ1) is 17.9. The molecule has 6 heteroatoms. The SMILES string of the molecule is Cc1cccc(C(=O)Nc2cc(Cl)ccc2-c2nc3ccccc3[nH]c2=O)c1. The van der Waals surface area contributed by atoms with E-state index >= 15 is 0 Å². The zero-order valence-electron chi connectivity index (χ0n) is 15.0. The number of aromatic amines is 1. The summed E-state index contributed by atoms with van der Waals surface area (Å²) >= 11 is 6.14. The molecule has 5 nitrogen and oxygen atoms in total. The zero-order valence-corrected chi connectivity index (χ0v) is 15.7. The van der Waals surface area contributed by atoms with Crippen LogP contribution in [0.3, 0.4) is 0 Å². The molecule has 1 aromatic heterocycles. The number of aromatic nitrogens is 2. The molecule has 4 aromatic rings. The Morgan fingerprint density at radius 3 is 2.68 bits per heavy atom. The summed E-state index contributed by atoms with van der Waals surface area (Å²) in [5, 5.41) is 3.30. The summed E-state index contributed by atoms with van der Waals surface area (Å²) in [4.78, 5) is 32.6. The van der Waals surface area contributed by atoms with Gasteiger partial charge >= 0.3 is 0 Å². The van der Waals surface area contributed by atoms with Gasteiger partial charge in [0.15, 0.2) is 0 Å². The highest BCUT2D eigenvalue weighted by Gasteiger charge is 2.15. The van der Waals surface area contributed by atoms with Crippen LogP contribution in [0.2, 0.25) is 5.02 Å². The Morgan fingerprint density at radius 2 is 1.86 bits per heavy atom. The maximum Gasteiger partial charge on any atom is 0.275 e. The number of nitrogens with one attached hydrogen (secondary N) is 2. The van der Waals surface area contributed by atoms with Crippen LogP contribution in [0.15, 0.2) is 71.5 Å². The van der Waals surface area contributed by atoms with Crippen molar-refractivity contribution in [1.82, 2.24) is 9.97 Å². The number of amides is 1. The summed E-state index contributed by atoms with van der Waals surface area (Å²) in [7, 11) is 0. The number of rotatable bonds is 3. The third-order valence-electron chi connectivity index (χ3n) is 4.36. The molecular weight excluding hydrogens is 374 g/mol. The molecule has 0 aliphatic rings. The average Bonchev–Trinajstić information content (AvgIpc) is 2.68. The van der Waals surface area contributed by atoms with Gasteiger partial charge in [-0.1, -0.05) is 41.4 Å². The first-order valence-corrected chi connectivity index (χ1v) is 9.06. The predicted molar refractivity (Wildman–Crippen MR) is 112 cm³/mol. The third kappa shape index (κ3) is 3.52. The Balaban J connectivity index is 1.80. The predicted octanol–water partition coefficient (Wildman–Crippen LogP) is 4.80. The van der Waals surface area contributed by atoms with Gasteiger partial charge in [0.2, 0.25) is 0 Å². The summed E-state index contributed by atoms with van der Waals surface area (Å²) in [5.74, 6) is -0.288. The second-order valence-corrected chi connectivity index (χ2v) is 6.88. The van der Waals surface area contributed by atoms with E-state index in [1.54, 1.807) is 36.4 Å². The fraction of sp³-hybridized carbons (Fsp3) is 0.0455. The first-order valence-electron chi connectivity index (χ1n) is 8.68. The first-order chi connectivity index (χ1) is 13.5. The van der Waals surface area contributed by atoms with Gasteiger partial charge in [0, 0.05) is 16.1 Å². The number of benzene rings is 3. The van der Waals surface area contributed by atoms with Crippen LogP contribution in [-0.4, -0.2) is 15.9 Å². The lowest BCUT2D eigenvalue weighted by Crippen LogP contribution is -2.16. The maximum atomic E-state index is 12.7. The number of fused-ring (bicyclic) bond motifs is 1. The van der Waals surface area contributed by atoms with E-state index in [4.69, 9.17) is 11.6 Å². The molecule has 28 heavy (non-hydrogen) atoms. The molecule has 0 unspecified atom stereocenters. The van der Waals surface area contributed by atoms with Crippen LogP contribution < -0.4 is 10.9 Å². The lowest BCUT2D eigenvalue weighted by atomic mass is 10.1. The number of carbonyl (C=O) groups excluding carboxylic acids is 1. The minimum atomic E-state index is -0.341. The third-order valence-corrected chi connectivity index (χ3v) is 4.60. The van der Waals surface area contributed by atoms with Gasteiger partial charge in [0.05, 0.1) is 16.7 Å². The molecule has 0 radical (unpaired) electrons. The maximum absolute atomic E-state index is 12.7. The number of hydrogen-bond donors (Lipinski definition) is 2. The van der Waals surface area contributed by atoms with E-state index in [0.717, 1.165) is 5.56 Å². The standard InChI is InChI=1S/C22H16ClN3O2/c1-13-5-4-6-14(11-13)21(27)26-19-12-15(23)9-10-16(19)20-22(28)25-18-8-3-2-7-17(18)24-20/h2-12H,1H3,(H,25,28)(H,26,27). The van der Waals surface area contributed by atoms with Gasteiger partial charge in [-0.25, -0.2) is 4.98 Å². The highest BCUT2D eigenvalue weighted by atomic mass is 35.5. The van der Waals surface area contributed by atoms with Crippen molar-refractivity contribution in [2.24, 2.45) is 0 Å². The van der Waals surface area contributed by atoms with E-state index in [1.807, 2.05) is 37.3 Å². The Kier molecular flexibility index (Phi) is 4.67. The van der Waals surface area contributed by atoms with Crippen molar-refractivity contribution in [1.29, 1.82) is 0 Å². The van der Waals surface area contributed by atoms with Crippen molar-refractivity contribution < 1.29 is 4.79 Å². The Labute approximate surface area is 166 Å². The van der Waals surface area contributed by atoms with E-state index in [2.05, 4.69) is 15.3 Å². The number of nitrogens with zero attached hydrogens (tertiary/aromatic N) is 1. The lowest BCUT2D eigenvalue weighted by Gasteiger charge is -2.12. The van der Waals surface area contributed by atoms with Gasteiger partial charge < -0.3 is 10.3 Å². The fourth-order valence-corrected chi connectivity index (χ4v) is 3.19. The highest BCUT2D eigenvalue weighted by Crippen LogP contribution is 2.29. The topological polar surface area (TPSA) is 74.8 Å². The Morgan fingerprint density at radius 1 is 1.04 bits per heavy atom. The number of carbonyl (C=O) groups is 1. The van der Waals surface area contributed by atoms with Crippen LogP contribution >= 0.6 is 11.6 Å². The molecule has 0 bridgehead atoms. The van der Waals surface area contributed by atoms with Crippen molar-refractivity contribution in [3.05, 3.63) is 93.2 Å². The summed E-state index contributed by atoms with van der Waals surface area (Å²) in [5.41, 5.74) is 3.60. The molecule has 0 saturated heterocycles. The average molecular weight is 390 g/mol. The Bertz CT molecular complexity index is 1260. The molecule has 0 saturated carbocycles. The number of H-pyrrole nitrogens is 1. The largest absolute Gasteiger partial charge is 0.321 e. The molecule has 1 heterocycles. The lowest BCUT2D eigenvalue weighted by molar-refractivity contribution is 0.102. The van der Waals surface area contributed by atoms with Crippen LogP contribution in [-0.2, 0) is 0 Å². The molecule has 0 spiro atoms. The van der Waals surface area contributed by atoms with Crippen LogP contribution in [0.1, 0.15) is 15.9 Å². The molecule has 1 amide bonds. The highest BCUT2D eigenvalue weighted by molar-refractivity contribution is 6.31. The van der Waals surface area contributed by atoms with Crippen LogP contribution in [0.5, 0.6) is 0 Å². The second-order valence-electron chi connectivity index (χ2n) is 6.45. The van der Waals surface area contributed by atoms with Gasteiger partial charge in [-0.2, -0.15) is 0 Å². The van der Waals surface area contributed by atoms with Gasteiger partial charge in [-0.15, -0.1) is 0 Å². The molecule has 4 rings (SSSR count). The molecule has 0 aliphatic carbocycles. The number of halogens is 1. The smallest absolute Gasteiger partial charge is 0.275 e. The van der Waals surface area contributed by atoms with Gasteiger partial charge in [-0.05, 0) is 49.4 Å². The van der Waals surface area contributed by atoms with Crippen molar-refractivity contribution >= 4 is 34.2 Å². The molecule has 2 N–H and O–H groups in total. The van der Waals surface area contributed by atoms with Gasteiger partial charge in [0.1, 0.15) is 5.69 Å². The van der Waals surface area contributed by atoms with Gasteiger partial charge in [-0.3, -0.25) is 9.59 Å². The van der Waals surface area contributed by atoms with Crippen LogP contribution in [0.25, 0.3) is 22.3 Å². The molecule has 0 fully saturated rings. The van der Waals surface area contributed by atoms with E-state index in [0.29, 0.717) is 32.9 Å². The summed E-state index contributed by atoms with van der Waals surface area (Å²) < 4.78 is 0. The minimum absolute atomic E-state index is 0.218. The van der Waals surface area contributed by atoms with Crippen LogP contribution in [0.4, 0.5) is 5.69 Å². The van der Waals surface area contributed by atoms with E-state index < -0.39 is 0 Å². The number of para-hydroxylation sites is 2. The minimum Gasteiger partial charge on any atom is -0.321 e. The van der Waals surface area contributed by atoms with Gasteiger partial charge in [0.25, 0.3) is 11.5 Å². The summed E-state index contributed by atoms with van der Waals surface area (Å²) in [6, 6.07) is 19.5. The number of aryl methyl sites for hydroxylation is 1. The number of hydrogen-bond acceptors (Lipinski definition) is 3. The summed E-state index contributed by atoms with van der Waals surface area (Å²) in [6.07, 6.45) is 0. The quantitative estimate of drug-likeness (QED) is 0.528. The molecular formula is C22H16ClN3O2.